The maximum Gasteiger partial charge on any atom is 0.401 e. The molecular formula is C28H32F6N4. The van der Waals surface area contributed by atoms with Crippen molar-refractivity contribution in [3.05, 3.63) is 64.9 Å². The van der Waals surface area contributed by atoms with Crippen LogP contribution in [0.4, 0.5) is 32.0 Å². The SMILES string of the molecule is C[C@@H]1CN(CCCF)CC1Nc1cc(F)c([C@@H]2c3[nH]c4ccccc4c3C[C@@H](C)N2CC(F)(F)F)c(F)c1. The van der Waals surface area contributed by atoms with Crippen molar-refractivity contribution < 1.29 is 26.3 Å². The Balaban J connectivity index is 1.51. The number of benzene rings is 2. The van der Waals surface area contributed by atoms with Crippen LogP contribution in [0.2, 0.25) is 0 Å². The molecule has 0 radical (unpaired) electrons. The normalized spacial score (nSPS) is 24.7. The minimum absolute atomic E-state index is 0.0870. The molecule has 10 heteroatoms. The van der Waals surface area contributed by atoms with E-state index in [2.05, 4.69) is 15.2 Å². The second-order valence-electron chi connectivity index (χ2n) is 10.7. The van der Waals surface area contributed by atoms with Crippen LogP contribution in [0.3, 0.4) is 0 Å². The molecule has 3 heterocycles. The molecule has 0 saturated carbocycles. The number of nitrogens with zero attached hydrogens (tertiary/aromatic N) is 2. The summed E-state index contributed by atoms with van der Waals surface area (Å²) in [5, 5.41) is 4.04. The third kappa shape index (κ3) is 5.25. The molecule has 1 unspecified atom stereocenters. The Kier molecular flexibility index (Phi) is 7.39. The zero-order chi connectivity index (χ0) is 27.2. The fourth-order valence-electron chi connectivity index (χ4n) is 6.14. The maximum absolute atomic E-state index is 15.7. The Morgan fingerprint density at radius 2 is 1.76 bits per heavy atom. The lowest BCUT2D eigenvalue weighted by Crippen LogP contribution is -2.47. The predicted molar refractivity (Wildman–Crippen MR) is 136 cm³/mol. The van der Waals surface area contributed by atoms with Gasteiger partial charge >= 0.3 is 6.18 Å². The number of alkyl halides is 4. The van der Waals surface area contributed by atoms with Crippen LogP contribution in [0.5, 0.6) is 0 Å². The summed E-state index contributed by atoms with van der Waals surface area (Å²) in [6.07, 6.45) is -3.79. The highest BCUT2D eigenvalue weighted by Crippen LogP contribution is 2.44. The number of halogens is 6. The summed E-state index contributed by atoms with van der Waals surface area (Å²) in [4.78, 5) is 6.41. The number of fused-ring (bicyclic) bond motifs is 3. The molecule has 2 aliphatic heterocycles. The van der Waals surface area contributed by atoms with Gasteiger partial charge in [-0.2, -0.15) is 13.2 Å². The lowest BCUT2D eigenvalue weighted by Gasteiger charge is -2.41. The van der Waals surface area contributed by atoms with Crippen LogP contribution in [-0.4, -0.2) is 65.9 Å². The van der Waals surface area contributed by atoms with E-state index in [1.165, 1.54) is 12.1 Å². The Labute approximate surface area is 218 Å². The Morgan fingerprint density at radius 1 is 1.05 bits per heavy atom. The van der Waals surface area contributed by atoms with Crippen molar-refractivity contribution in [3.63, 3.8) is 0 Å². The third-order valence-corrected chi connectivity index (χ3v) is 7.88. The fourth-order valence-corrected chi connectivity index (χ4v) is 6.14. The van der Waals surface area contributed by atoms with Crippen molar-refractivity contribution in [1.29, 1.82) is 0 Å². The highest BCUT2D eigenvalue weighted by molar-refractivity contribution is 5.85. The van der Waals surface area contributed by atoms with Crippen LogP contribution >= 0.6 is 0 Å². The average Bonchev–Trinajstić information content (AvgIpc) is 3.38. The number of hydrogen-bond donors (Lipinski definition) is 2. The molecule has 1 saturated heterocycles. The molecular weight excluding hydrogens is 506 g/mol. The first-order valence-electron chi connectivity index (χ1n) is 13.0. The van der Waals surface area contributed by atoms with Gasteiger partial charge in [-0.1, -0.05) is 25.1 Å². The molecule has 2 N–H and O–H groups in total. The average molecular weight is 539 g/mol. The van der Waals surface area contributed by atoms with Gasteiger partial charge in [-0.05, 0) is 49.4 Å². The van der Waals surface area contributed by atoms with Gasteiger partial charge in [0.2, 0.25) is 0 Å². The summed E-state index contributed by atoms with van der Waals surface area (Å²) in [7, 11) is 0. The largest absolute Gasteiger partial charge is 0.401 e. The van der Waals surface area contributed by atoms with Gasteiger partial charge in [0.25, 0.3) is 0 Å². The van der Waals surface area contributed by atoms with Crippen molar-refractivity contribution in [2.24, 2.45) is 5.92 Å². The fraction of sp³-hybridized carbons (Fsp3) is 0.500. The summed E-state index contributed by atoms with van der Waals surface area (Å²) in [5.41, 5.74) is 1.72. The first-order valence-corrected chi connectivity index (χ1v) is 13.0. The summed E-state index contributed by atoms with van der Waals surface area (Å²) in [6, 6.07) is 7.71. The highest BCUT2D eigenvalue weighted by atomic mass is 19.4. The first kappa shape index (κ1) is 26.9. The molecule has 0 spiro atoms. The van der Waals surface area contributed by atoms with Crippen LogP contribution in [0.1, 0.15) is 43.1 Å². The van der Waals surface area contributed by atoms with Gasteiger partial charge in [0.05, 0.1) is 19.3 Å². The van der Waals surface area contributed by atoms with Gasteiger partial charge in [-0.15, -0.1) is 0 Å². The number of anilines is 1. The first-order chi connectivity index (χ1) is 18.1. The molecule has 4 atom stereocenters. The van der Waals surface area contributed by atoms with Crippen LogP contribution in [0, 0.1) is 17.6 Å². The van der Waals surface area contributed by atoms with E-state index in [1.807, 2.05) is 25.1 Å². The van der Waals surface area contributed by atoms with Crippen LogP contribution in [-0.2, 0) is 6.42 Å². The lowest BCUT2D eigenvalue weighted by atomic mass is 9.88. The van der Waals surface area contributed by atoms with E-state index in [4.69, 9.17) is 0 Å². The molecule has 0 amide bonds. The molecule has 0 bridgehead atoms. The summed E-state index contributed by atoms with van der Waals surface area (Å²) in [6.45, 7) is 3.96. The van der Waals surface area contributed by atoms with Crippen molar-refractivity contribution in [3.8, 4) is 0 Å². The van der Waals surface area contributed by atoms with E-state index < -0.39 is 48.7 Å². The number of aromatic amines is 1. The third-order valence-electron chi connectivity index (χ3n) is 7.88. The van der Waals surface area contributed by atoms with Gasteiger partial charge in [-0.25, -0.2) is 8.78 Å². The molecule has 2 aromatic carbocycles. The van der Waals surface area contributed by atoms with Crippen molar-refractivity contribution >= 4 is 16.6 Å². The van der Waals surface area contributed by atoms with E-state index >= 15 is 8.78 Å². The molecule has 3 aromatic rings. The zero-order valence-corrected chi connectivity index (χ0v) is 21.4. The second-order valence-corrected chi connectivity index (χ2v) is 10.7. The topological polar surface area (TPSA) is 34.3 Å². The van der Waals surface area contributed by atoms with Gasteiger partial charge in [0, 0.05) is 59.6 Å². The van der Waals surface area contributed by atoms with Gasteiger partial charge in [-0.3, -0.25) is 9.29 Å². The number of hydrogen-bond acceptors (Lipinski definition) is 3. The Bertz CT molecular complexity index is 1270. The molecule has 4 nitrogen and oxygen atoms in total. The standard InChI is InChI=1S/C28H32F6N4/c1-16-13-37(9-5-8-29)14-24(16)35-18-11-21(30)25(22(31)12-18)27-26-20(19-6-3-4-7-23(19)36-26)10-17(2)38(27)15-28(32,33)34/h3-4,6-7,11-12,16-17,24,27,35-36H,5,8-10,13-15H2,1-2H3/t16-,17-,24?,27-/m1/s1. The van der Waals surface area contributed by atoms with E-state index in [-0.39, 0.29) is 17.6 Å². The quantitative estimate of drug-likeness (QED) is 0.340. The maximum atomic E-state index is 15.7. The van der Waals surface area contributed by atoms with E-state index in [1.54, 1.807) is 13.0 Å². The van der Waals surface area contributed by atoms with E-state index in [0.29, 0.717) is 31.6 Å². The van der Waals surface area contributed by atoms with Gasteiger partial charge in [0.1, 0.15) is 11.6 Å². The van der Waals surface area contributed by atoms with E-state index in [9.17, 15) is 17.6 Å². The molecule has 38 heavy (non-hydrogen) atoms. The van der Waals surface area contributed by atoms with Crippen molar-refractivity contribution in [2.45, 2.75) is 51.0 Å². The minimum atomic E-state index is -4.54. The van der Waals surface area contributed by atoms with Crippen molar-refractivity contribution in [1.82, 2.24) is 14.8 Å². The molecule has 206 valence electrons. The van der Waals surface area contributed by atoms with Crippen LogP contribution < -0.4 is 5.32 Å². The number of aromatic nitrogens is 1. The molecule has 1 fully saturated rings. The van der Waals surface area contributed by atoms with Crippen molar-refractivity contribution in [2.75, 3.05) is 38.2 Å². The van der Waals surface area contributed by atoms with Gasteiger partial charge < -0.3 is 15.2 Å². The van der Waals surface area contributed by atoms with Crippen LogP contribution in [0.25, 0.3) is 10.9 Å². The van der Waals surface area contributed by atoms with Crippen LogP contribution in [0.15, 0.2) is 36.4 Å². The number of H-pyrrole nitrogens is 1. The number of rotatable bonds is 7. The zero-order valence-electron chi connectivity index (χ0n) is 21.4. The predicted octanol–water partition coefficient (Wildman–Crippen LogP) is 6.44. The minimum Gasteiger partial charge on any atom is -0.381 e. The Hall–Kier alpha value is -2.72. The van der Waals surface area contributed by atoms with Gasteiger partial charge in [0.15, 0.2) is 0 Å². The summed E-state index contributed by atoms with van der Waals surface area (Å²) in [5.74, 6) is -1.62. The molecule has 5 rings (SSSR count). The summed E-state index contributed by atoms with van der Waals surface area (Å²) < 4.78 is 85.0. The molecule has 1 aromatic heterocycles. The number of likely N-dealkylation sites (tertiary alicyclic amines) is 1. The van der Waals surface area contributed by atoms with E-state index in [0.717, 1.165) is 27.9 Å². The Morgan fingerprint density at radius 3 is 2.45 bits per heavy atom. The second kappa shape index (κ2) is 10.4. The molecule has 2 aliphatic rings. The monoisotopic (exact) mass is 538 g/mol. The summed E-state index contributed by atoms with van der Waals surface area (Å²) >= 11 is 0. The molecule has 0 aliphatic carbocycles. The lowest BCUT2D eigenvalue weighted by molar-refractivity contribution is -0.155. The highest BCUT2D eigenvalue weighted by Gasteiger charge is 2.44. The smallest absolute Gasteiger partial charge is 0.381 e. The number of nitrogens with one attached hydrogen (secondary N) is 2. The number of para-hydroxylation sites is 1.